The molecule has 1 aromatic carbocycles. The normalized spacial score (nSPS) is 10.5. The zero-order valence-electron chi connectivity index (χ0n) is 12.8. The lowest BCUT2D eigenvalue weighted by atomic mass is 10.1. The van der Waals surface area contributed by atoms with Crippen molar-refractivity contribution < 1.29 is 4.79 Å². The van der Waals surface area contributed by atoms with Gasteiger partial charge in [0.15, 0.2) is 0 Å². The summed E-state index contributed by atoms with van der Waals surface area (Å²) >= 11 is 1.53. The van der Waals surface area contributed by atoms with E-state index >= 15 is 0 Å². The molecule has 0 aliphatic heterocycles. The molecule has 3 rings (SSSR count). The third-order valence-electron chi connectivity index (χ3n) is 3.47. The van der Waals surface area contributed by atoms with Gasteiger partial charge in [0, 0.05) is 29.0 Å². The zero-order valence-corrected chi connectivity index (χ0v) is 13.6. The fourth-order valence-corrected chi connectivity index (χ4v) is 3.13. The van der Waals surface area contributed by atoms with Gasteiger partial charge in [-0.15, -0.1) is 11.3 Å². The molecule has 0 atom stereocenters. The summed E-state index contributed by atoms with van der Waals surface area (Å²) in [5, 5.41) is 5.78. The largest absolute Gasteiger partial charge is 0.325 e. The lowest BCUT2D eigenvalue weighted by Gasteiger charge is -2.08. The van der Waals surface area contributed by atoms with Crippen LogP contribution >= 0.6 is 11.3 Å². The second kappa shape index (κ2) is 7.15. The Kier molecular flexibility index (Phi) is 4.78. The molecule has 0 saturated heterocycles. The molecular formula is C18H17N3OS. The highest BCUT2D eigenvalue weighted by molar-refractivity contribution is 7.13. The van der Waals surface area contributed by atoms with Gasteiger partial charge in [0.2, 0.25) is 5.91 Å². The summed E-state index contributed by atoms with van der Waals surface area (Å²) in [6.07, 6.45) is 4.67. The minimum Gasteiger partial charge on any atom is -0.325 e. The highest BCUT2D eigenvalue weighted by Gasteiger charge is 2.10. The minimum atomic E-state index is -0.0473. The zero-order chi connectivity index (χ0) is 16.1. The number of nitrogens with zero attached hydrogens (tertiary/aromatic N) is 2. The molecule has 0 spiro atoms. The average molecular weight is 323 g/mol. The average Bonchev–Trinajstić information content (AvgIpc) is 3.04. The molecule has 0 fully saturated rings. The van der Waals surface area contributed by atoms with Crippen LogP contribution in [0, 0.1) is 0 Å². The summed E-state index contributed by atoms with van der Waals surface area (Å²) in [6.45, 7) is 2.07. The number of benzene rings is 1. The van der Waals surface area contributed by atoms with E-state index < -0.39 is 0 Å². The molecule has 0 unspecified atom stereocenters. The van der Waals surface area contributed by atoms with Crippen LogP contribution in [0.2, 0.25) is 0 Å². The molecule has 3 aromatic rings. The third kappa shape index (κ3) is 3.81. The first-order valence-corrected chi connectivity index (χ1v) is 8.37. The smallest absolute Gasteiger partial charge is 0.230 e. The first-order valence-electron chi connectivity index (χ1n) is 7.49. The van der Waals surface area contributed by atoms with E-state index in [0.717, 1.165) is 33.9 Å². The number of para-hydroxylation sites is 1. The van der Waals surface area contributed by atoms with Gasteiger partial charge in [0.25, 0.3) is 0 Å². The third-order valence-corrected chi connectivity index (χ3v) is 4.41. The number of aryl methyl sites for hydroxylation is 1. The monoisotopic (exact) mass is 323 g/mol. The van der Waals surface area contributed by atoms with Gasteiger partial charge in [-0.2, -0.15) is 0 Å². The number of pyridine rings is 1. The fourth-order valence-electron chi connectivity index (χ4n) is 2.32. The number of carbonyl (C=O) groups is 1. The number of rotatable bonds is 5. The van der Waals surface area contributed by atoms with Crippen LogP contribution in [0.4, 0.5) is 5.69 Å². The van der Waals surface area contributed by atoms with E-state index in [9.17, 15) is 4.79 Å². The van der Waals surface area contributed by atoms with Crippen LogP contribution in [0.25, 0.3) is 10.6 Å². The number of thiazole rings is 1. The molecule has 5 heteroatoms. The van der Waals surface area contributed by atoms with Gasteiger partial charge in [-0.3, -0.25) is 9.78 Å². The van der Waals surface area contributed by atoms with E-state index in [4.69, 9.17) is 0 Å². The van der Waals surface area contributed by atoms with Crippen molar-refractivity contribution in [2.24, 2.45) is 0 Å². The van der Waals surface area contributed by atoms with E-state index in [1.165, 1.54) is 11.3 Å². The Balaban J connectivity index is 1.68. The summed E-state index contributed by atoms with van der Waals surface area (Å²) < 4.78 is 0. The molecule has 0 bridgehead atoms. The SMILES string of the molecule is CCc1ccccc1NC(=O)Cc1csc(-c2cccnc2)n1. The van der Waals surface area contributed by atoms with Gasteiger partial charge < -0.3 is 5.32 Å². The molecule has 0 radical (unpaired) electrons. The number of aromatic nitrogens is 2. The molecule has 116 valence electrons. The molecule has 4 nitrogen and oxygen atoms in total. The standard InChI is InChI=1S/C18H17N3OS/c1-2-13-6-3-4-8-16(13)21-17(22)10-15-12-23-18(20-15)14-7-5-9-19-11-14/h3-9,11-12H,2,10H2,1H3,(H,21,22). The van der Waals surface area contributed by atoms with Crippen LogP contribution in [0.3, 0.4) is 0 Å². The topological polar surface area (TPSA) is 54.9 Å². The maximum absolute atomic E-state index is 12.2. The highest BCUT2D eigenvalue weighted by atomic mass is 32.1. The molecule has 2 heterocycles. The number of anilines is 1. The van der Waals surface area contributed by atoms with Gasteiger partial charge in [-0.05, 0) is 30.2 Å². The van der Waals surface area contributed by atoms with Gasteiger partial charge >= 0.3 is 0 Å². The lowest BCUT2D eigenvalue weighted by molar-refractivity contribution is -0.115. The van der Waals surface area contributed by atoms with Crippen LogP contribution in [-0.2, 0) is 17.6 Å². The van der Waals surface area contributed by atoms with Crippen molar-refractivity contribution in [3.05, 3.63) is 65.4 Å². The molecule has 0 aliphatic carbocycles. The summed E-state index contributed by atoms with van der Waals surface area (Å²) in [5.41, 5.74) is 3.76. The first-order chi connectivity index (χ1) is 11.3. The molecule has 23 heavy (non-hydrogen) atoms. The van der Waals surface area contributed by atoms with E-state index in [2.05, 4.69) is 22.2 Å². The van der Waals surface area contributed by atoms with Crippen LogP contribution in [0.5, 0.6) is 0 Å². The summed E-state index contributed by atoms with van der Waals surface area (Å²) in [5.74, 6) is -0.0473. The van der Waals surface area contributed by atoms with Gasteiger partial charge in [-0.25, -0.2) is 4.98 Å². The molecule has 1 N–H and O–H groups in total. The second-order valence-corrected chi connectivity index (χ2v) is 5.98. The molecule has 0 saturated carbocycles. The van der Waals surface area contributed by atoms with Crippen LogP contribution in [0.1, 0.15) is 18.2 Å². The van der Waals surface area contributed by atoms with Crippen molar-refractivity contribution in [2.75, 3.05) is 5.32 Å². The highest BCUT2D eigenvalue weighted by Crippen LogP contribution is 2.23. The predicted octanol–water partition coefficient (Wildman–Crippen LogP) is 3.95. The lowest BCUT2D eigenvalue weighted by Crippen LogP contribution is -2.15. The van der Waals surface area contributed by atoms with Crippen LogP contribution < -0.4 is 5.32 Å². The van der Waals surface area contributed by atoms with E-state index in [1.807, 2.05) is 41.8 Å². The Morgan fingerprint density at radius 1 is 1.22 bits per heavy atom. The maximum atomic E-state index is 12.2. The van der Waals surface area contributed by atoms with E-state index in [-0.39, 0.29) is 12.3 Å². The van der Waals surface area contributed by atoms with Gasteiger partial charge in [0.1, 0.15) is 5.01 Å². The van der Waals surface area contributed by atoms with E-state index in [0.29, 0.717) is 0 Å². The number of hydrogen-bond donors (Lipinski definition) is 1. The van der Waals surface area contributed by atoms with Crippen LogP contribution in [-0.4, -0.2) is 15.9 Å². The van der Waals surface area contributed by atoms with Crippen molar-refractivity contribution in [3.63, 3.8) is 0 Å². The second-order valence-electron chi connectivity index (χ2n) is 5.12. The van der Waals surface area contributed by atoms with Gasteiger partial charge in [0.05, 0.1) is 12.1 Å². The van der Waals surface area contributed by atoms with Crippen molar-refractivity contribution in [1.82, 2.24) is 9.97 Å². The maximum Gasteiger partial charge on any atom is 0.230 e. The first kappa shape index (κ1) is 15.4. The Labute approximate surface area is 139 Å². The molecule has 0 aliphatic rings. The number of nitrogens with one attached hydrogen (secondary N) is 1. The van der Waals surface area contributed by atoms with Crippen molar-refractivity contribution in [1.29, 1.82) is 0 Å². The Morgan fingerprint density at radius 2 is 2.09 bits per heavy atom. The quantitative estimate of drug-likeness (QED) is 0.773. The van der Waals surface area contributed by atoms with Crippen molar-refractivity contribution in [2.45, 2.75) is 19.8 Å². The van der Waals surface area contributed by atoms with Crippen molar-refractivity contribution >= 4 is 22.9 Å². The number of amides is 1. The van der Waals surface area contributed by atoms with Crippen molar-refractivity contribution in [3.8, 4) is 10.6 Å². The summed E-state index contributed by atoms with van der Waals surface area (Å²) in [7, 11) is 0. The minimum absolute atomic E-state index is 0.0473. The number of carbonyl (C=O) groups excluding carboxylic acids is 1. The summed E-state index contributed by atoms with van der Waals surface area (Å²) in [6, 6.07) is 11.7. The van der Waals surface area contributed by atoms with Crippen LogP contribution in [0.15, 0.2) is 54.2 Å². The predicted molar refractivity (Wildman–Crippen MR) is 93.5 cm³/mol. The Morgan fingerprint density at radius 3 is 2.87 bits per heavy atom. The van der Waals surface area contributed by atoms with Gasteiger partial charge in [-0.1, -0.05) is 25.1 Å². The van der Waals surface area contributed by atoms with E-state index in [1.54, 1.807) is 12.4 Å². The Hall–Kier alpha value is -2.53. The summed E-state index contributed by atoms with van der Waals surface area (Å²) in [4.78, 5) is 20.9. The molecule has 2 aromatic heterocycles. The molecule has 1 amide bonds. The molecular weight excluding hydrogens is 306 g/mol. The Bertz CT molecular complexity index is 799. The fraction of sp³-hybridized carbons (Fsp3) is 0.167. The number of hydrogen-bond acceptors (Lipinski definition) is 4.